The van der Waals surface area contributed by atoms with Gasteiger partial charge in [-0.05, 0) is 18.9 Å². The number of hydrogen-bond acceptors (Lipinski definition) is 2. The molecule has 2 rings (SSSR count). The van der Waals surface area contributed by atoms with E-state index >= 15 is 0 Å². The van der Waals surface area contributed by atoms with Gasteiger partial charge in [0.25, 0.3) is 0 Å². The number of ether oxygens (including phenoxy) is 1. The van der Waals surface area contributed by atoms with Crippen molar-refractivity contribution in [1.29, 1.82) is 0 Å². The van der Waals surface area contributed by atoms with Crippen molar-refractivity contribution in [3.63, 3.8) is 0 Å². The molecule has 0 aromatic rings. The standard InChI is InChI=1S/C15H18FNO/c1-2-12-8-6-7-11-17-15(12)18-14-10-5-3-4-9-13(14)16/h6-8,11-14H,2,5,9-10H2,1H3/t12?,13-,14+/m1/s1. The third kappa shape index (κ3) is 3.22. The molecule has 0 aromatic carbocycles. The van der Waals surface area contributed by atoms with E-state index in [0.717, 1.165) is 6.42 Å². The van der Waals surface area contributed by atoms with Gasteiger partial charge in [0, 0.05) is 19.0 Å². The Labute approximate surface area is 108 Å². The fourth-order valence-electron chi connectivity index (χ4n) is 2.04. The van der Waals surface area contributed by atoms with E-state index in [4.69, 9.17) is 4.74 Å². The minimum absolute atomic E-state index is 0.136. The predicted molar refractivity (Wildman–Crippen MR) is 70.9 cm³/mol. The molecule has 18 heavy (non-hydrogen) atoms. The number of aliphatic imine (C=N–C) groups is 1. The summed E-state index contributed by atoms with van der Waals surface area (Å²) in [5.74, 6) is 6.53. The van der Waals surface area contributed by atoms with Gasteiger partial charge in [0.2, 0.25) is 0 Å². The minimum atomic E-state index is -1.02. The quantitative estimate of drug-likeness (QED) is 0.685. The Hall–Kier alpha value is -1.56. The second-order valence-electron chi connectivity index (χ2n) is 4.48. The molecule has 0 fully saturated rings. The zero-order valence-electron chi connectivity index (χ0n) is 10.6. The summed E-state index contributed by atoms with van der Waals surface area (Å²) in [6.07, 6.45) is 8.61. The van der Waals surface area contributed by atoms with Gasteiger partial charge in [-0.2, -0.15) is 0 Å². The molecule has 0 N–H and O–H groups in total. The van der Waals surface area contributed by atoms with Gasteiger partial charge in [-0.15, -0.1) is 11.8 Å². The topological polar surface area (TPSA) is 21.6 Å². The maximum absolute atomic E-state index is 13.9. The fourth-order valence-corrected chi connectivity index (χ4v) is 2.04. The van der Waals surface area contributed by atoms with Crippen molar-refractivity contribution in [1.82, 2.24) is 0 Å². The van der Waals surface area contributed by atoms with Crippen molar-refractivity contribution in [3.8, 4) is 11.8 Å². The van der Waals surface area contributed by atoms with Crippen LogP contribution in [-0.4, -0.2) is 18.2 Å². The van der Waals surface area contributed by atoms with Crippen LogP contribution in [0.25, 0.3) is 0 Å². The summed E-state index contributed by atoms with van der Waals surface area (Å²) < 4.78 is 19.7. The van der Waals surface area contributed by atoms with Crippen molar-refractivity contribution in [3.05, 3.63) is 24.4 Å². The zero-order chi connectivity index (χ0) is 12.8. The Morgan fingerprint density at radius 2 is 2.33 bits per heavy atom. The fraction of sp³-hybridized carbons (Fsp3) is 0.533. The van der Waals surface area contributed by atoms with Crippen LogP contribution in [0, 0.1) is 17.8 Å². The molecule has 2 aliphatic rings. The van der Waals surface area contributed by atoms with E-state index < -0.39 is 12.3 Å². The molecule has 1 heterocycles. The molecule has 0 radical (unpaired) electrons. The predicted octanol–water partition coefficient (Wildman–Crippen LogP) is 3.41. The van der Waals surface area contributed by atoms with Crippen molar-refractivity contribution >= 4 is 5.90 Å². The Morgan fingerprint density at radius 3 is 3.17 bits per heavy atom. The number of alkyl halides is 1. The maximum Gasteiger partial charge on any atom is 0.195 e. The van der Waals surface area contributed by atoms with Gasteiger partial charge in [0.15, 0.2) is 5.90 Å². The third-order valence-corrected chi connectivity index (χ3v) is 3.15. The molecular formula is C15H18FNO. The molecule has 2 nitrogen and oxygen atoms in total. The van der Waals surface area contributed by atoms with Gasteiger partial charge in [-0.3, -0.25) is 0 Å². The Morgan fingerprint density at radius 1 is 1.44 bits per heavy atom. The first-order valence-corrected chi connectivity index (χ1v) is 6.48. The Bertz CT molecular complexity index is 428. The van der Waals surface area contributed by atoms with Gasteiger partial charge in [-0.25, -0.2) is 9.38 Å². The van der Waals surface area contributed by atoms with E-state index in [1.54, 1.807) is 6.20 Å². The highest BCUT2D eigenvalue weighted by atomic mass is 19.1. The van der Waals surface area contributed by atoms with Crippen LogP contribution in [0.1, 0.15) is 32.6 Å². The second-order valence-corrected chi connectivity index (χ2v) is 4.48. The smallest absolute Gasteiger partial charge is 0.195 e. The molecule has 0 bridgehead atoms. The SMILES string of the molecule is CCC1C=CC=CN=C1O[C@H]1CCC#CC[C@H]1F. The lowest BCUT2D eigenvalue weighted by atomic mass is 10.1. The van der Waals surface area contributed by atoms with Gasteiger partial charge < -0.3 is 4.74 Å². The van der Waals surface area contributed by atoms with E-state index in [2.05, 4.69) is 23.8 Å². The Balaban J connectivity index is 2.05. The second kappa shape index (κ2) is 6.39. The lowest BCUT2D eigenvalue weighted by molar-refractivity contribution is 0.0816. The summed E-state index contributed by atoms with van der Waals surface area (Å²) in [5, 5.41) is 0. The highest BCUT2D eigenvalue weighted by Gasteiger charge is 2.26. The van der Waals surface area contributed by atoms with Gasteiger partial charge in [0.05, 0.1) is 5.92 Å². The molecule has 0 spiro atoms. The van der Waals surface area contributed by atoms with E-state index in [1.165, 1.54) is 0 Å². The molecule has 96 valence electrons. The molecule has 1 unspecified atom stereocenters. The van der Waals surface area contributed by atoms with E-state index in [0.29, 0.717) is 18.7 Å². The van der Waals surface area contributed by atoms with Crippen molar-refractivity contribution in [2.75, 3.05) is 0 Å². The first-order valence-electron chi connectivity index (χ1n) is 6.48. The van der Waals surface area contributed by atoms with Crippen LogP contribution in [0.4, 0.5) is 4.39 Å². The highest BCUT2D eigenvalue weighted by molar-refractivity contribution is 5.81. The minimum Gasteiger partial charge on any atom is -0.474 e. The van der Waals surface area contributed by atoms with Crippen LogP contribution in [0.3, 0.4) is 0 Å². The molecule has 0 saturated heterocycles. The van der Waals surface area contributed by atoms with Crippen LogP contribution in [0.15, 0.2) is 29.4 Å². The summed E-state index contributed by atoms with van der Waals surface area (Å²) >= 11 is 0. The molecule has 3 atom stereocenters. The molecule has 1 aliphatic carbocycles. The van der Waals surface area contributed by atoms with E-state index in [1.807, 2.05) is 18.2 Å². The van der Waals surface area contributed by atoms with E-state index in [9.17, 15) is 4.39 Å². The van der Waals surface area contributed by atoms with Gasteiger partial charge >= 0.3 is 0 Å². The van der Waals surface area contributed by atoms with Gasteiger partial charge in [-0.1, -0.05) is 19.1 Å². The van der Waals surface area contributed by atoms with Crippen LogP contribution >= 0.6 is 0 Å². The normalized spacial score (nSPS) is 30.8. The lowest BCUT2D eigenvalue weighted by Crippen LogP contribution is -2.30. The number of hydrogen-bond donors (Lipinski definition) is 0. The molecule has 3 heteroatoms. The van der Waals surface area contributed by atoms with Crippen molar-refractivity contribution < 1.29 is 9.13 Å². The molecular weight excluding hydrogens is 229 g/mol. The van der Waals surface area contributed by atoms with Crippen molar-refractivity contribution in [2.24, 2.45) is 10.9 Å². The van der Waals surface area contributed by atoms with Crippen LogP contribution < -0.4 is 0 Å². The van der Waals surface area contributed by atoms with E-state index in [-0.39, 0.29) is 12.3 Å². The van der Waals surface area contributed by atoms with Crippen LogP contribution in [0.5, 0.6) is 0 Å². The summed E-state index contributed by atoms with van der Waals surface area (Å²) in [6, 6.07) is 0. The number of nitrogens with zero attached hydrogens (tertiary/aromatic N) is 1. The first-order chi connectivity index (χ1) is 8.81. The zero-order valence-corrected chi connectivity index (χ0v) is 10.6. The summed E-state index contributed by atoms with van der Waals surface area (Å²) in [6.45, 7) is 2.07. The lowest BCUT2D eigenvalue weighted by Gasteiger charge is -2.23. The summed E-state index contributed by atoms with van der Waals surface area (Å²) in [7, 11) is 0. The van der Waals surface area contributed by atoms with Gasteiger partial charge in [0.1, 0.15) is 12.3 Å². The largest absolute Gasteiger partial charge is 0.474 e. The summed E-state index contributed by atoms with van der Waals surface area (Å²) in [5.41, 5.74) is 0. The number of halogens is 1. The molecule has 0 amide bonds. The first kappa shape index (κ1) is 12.9. The molecule has 0 saturated carbocycles. The molecule has 1 aliphatic heterocycles. The molecule has 0 aromatic heterocycles. The highest BCUT2D eigenvalue weighted by Crippen LogP contribution is 2.21. The third-order valence-electron chi connectivity index (χ3n) is 3.15. The van der Waals surface area contributed by atoms with Crippen LogP contribution in [0.2, 0.25) is 0 Å². The number of allylic oxidation sites excluding steroid dienone is 2. The number of rotatable bonds is 2. The van der Waals surface area contributed by atoms with Crippen molar-refractivity contribution in [2.45, 2.75) is 44.9 Å². The van der Waals surface area contributed by atoms with Crippen LogP contribution in [-0.2, 0) is 4.74 Å². The monoisotopic (exact) mass is 247 g/mol. The average Bonchev–Trinajstić information content (AvgIpc) is 2.71. The summed E-state index contributed by atoms with van der Waals surface area (Å²) in [4.78, 5) is 4.28. The Kier molecular flexibility index (Phi) is 4.58. The maximum atomic E-state index is 13.9. The average molecular weight is 247 g/mol.